The number of carbonyl (C=O) groups excluding carboxylic acids is 1. The standard InChI is InChI=1S/C3Br2F4O/c4-1(10)2(5,6)3(7,8)9. The molecule has 0 aromatic heterocycles. The molecule has 0 aromatic rings. The molecule has 1 unspecified atom stereocenters. The summed E-state index contributed by atoms with van der Waals surface area (Å²) < 4.78 is 40.6. The highest BCUT2D eigenvalue weighted by atomic mass is 79.9. The van der Waals surface area contributed by atoms with Gasteiger partial charge in [-0.15, -0.1) is 0 Å². The van der Waals surface area contributed by atoms with Gasteiger partial charge in [0, 0.05) is 0 Å². The number of halogens is 6. The predicted octanol–water partition coefficient (Wildman–Crippen LogP) is 2.53. The minimum absolute atomic E-state index is 1.58. The zero-order valence-electron chi connectivity index (χ0n) is 4.18. The Labute approximate surface area is 70.0 Å². The normalized spacial score (nSPS) is 18.2. The number of alkyl halides is 5. The molecule has 0 rings (SSSR count). The molecule has 0 heterocycles. The van der Waals surface area contributed by atoms with E-state index in [4.69, 9.17) is 0 Å². The molecule has 0 aromatic carbocycles. The molecule has 0 bridgehead atoms. The maximum absolute atomic E-state index is 12.1. The molecule has 0 amide bonds. The molecule has 0 aliphatic rings. The summed E-state index contributed by atoms with van der Waals surface area (Å²) in [6.45, 7) is 0. The fraction of sp³-hybridized carbons (Fsp3) is 0.667. The van der Waals surface area contributed by atoms with E-state index in [9.17, 15) is 22.4 Å². The van der Waals surface area contributed by atoms with Crippen LogP contribution in [0.1, 0.15) is 0 Å². The second-order valence-electron chi connectivity index (χ2n) is 1.35. The Hall–Kier alpha value is 0.350. The molecule has 1 nitrogen and oxygen atoms in total. The molecule has 0 saturated carbocycles. The minimum Gasteiger partial charge on any atom is -0.282 e. The average Bonchev–Trinajstić information content (AvgIpc) is 1.62. The Morgan fingerprint density at radius 1 is 1.20 bits per heavy atom. The number of rotatable bonds is 1. The predicted molar refractivity (Wildman–Crippen MR) is 32.8 cm³/mol. The quantitative estimate of drug-likeness (QED) is 0.411. The van der Waals surface area contributed by atoms with Crippen molar-refractivity contribution in [3.8, 4) is 0 Å². The highest BCUT2D eigenvalue weighted by Crippen LogP contribution is 2.41. The van der Waals surface area contributed by atoms with Crippen molar-refractivity contribution in [1.29, 1.82) is 0 Å². The molecule has 0 saturated heterocycles. The van der Waals surface area contributed by atoms with Crippen molar-refractivity contribution < 1.29 is 22.4 Å². The van der Waals surface area contributed by atoms with Crippen LogP contribution in [0.4, 0.5) is 17.6 Å². The van der Waals surface area contributed by atoms with Crippen LogP contribution in [0.15, 0.2) is 0 Å². The Morgan fingerprint density at radius 2 is 1.50 bits per heavy atom. The van der Waals surface area contributed by atoms with E-state index in [0.717, 1.165) is 0 Å². The lowest BCUT2D eigenvalue weighted by molar-refractivity contribution is -0.189. The Bertz CT molecular complexity index is 151. The minimum atomic E-state index is -5.23. The monoisotopic (exact) mass is 286 g/mol. The molecule has 60 valence electrons. The zero-order valence-corrected chi connectivity index (χ0v) is 7.35. The molecule has 1 atom stereocenters. The lowest BCUT2D eigenvalue weighted by Crippen LogP contribution is -2.39. The molecule has 0 N–H and O–H groups in total. The third kappa shape index (κ3) is 1.91. The van der Waals surface area contributed by atoms with Crippen LogP contribution in [-0.2, 0) is 4.79 Å². The summed E-state index contributed by atoms with van der Waals surface area (Å²) in [7, 11) is 0. The Morgan fingerprint density at radius 3 is 1.50 bits per heavy atom. The van der Waals surface area contributed by atoms with E-state index >= 15 is 0 Å². The maximum Gasteiger partial charge on any atom is 0.441 e. The molecule has 0 aliphatic carbocycles. The van der Waals surface area contributed by atoms with E-state index < -0.39 is 15.4 Å². The van der Waals surface area contributed by atoms with Gasteiger partial charge in [-0.1, -0.05) is 0 Å². The summed E-state index contributed by atoms with van der Waals surface area (Å²) >= 11 is 3.43. The van der Waals surface area contributed by atoms with Crippen molar-refractivity contribution >= 4 is 36.6 Å². The Kier molecular flexibility index (Phi) is 2.86. The van der Waals surface area contributed by atoms with E-state index in [2.05, 4.69) is 0 Å². The van der Waals surface area contributed by atoms with Gasteiger partial charge in [0.25, 0.3) is 4.69 Å². The van der Waals surface area contributed by atoms with Gasteiger partial charge in [-0.05, 0) is 31.9 Å². The first-order valence-corrected chi connectivity index (χ1v) is 3.42. The van der Waals surface area contributed by atoms with Crippen LogP contribution in [0, 0.1) is 0 Å². The number of hydrogen-bond acceptors (Lipinski definition) is 1. The van der Waals surface area contributed by atoms with Gasteiger partial charge in [-0.3, -0.25) is 4.79 Å². The van der Waals surface area contributed by atoms with Crippen LogP contribution in [0.5, 0.6) is 0 Å². The summed E-state index contributed by atoms with van der Waals surface area (Å²) in [5, 5.41) is 0. The summed E-state index contributed by atoms with van der Waals surface area (Å²) in [5.41, 5.74) is 0. The molecular weight excluding hydrogens is 288 g/mol. The summed E-state index contributed by atoms with van der Waals surface area (Å²) in [5.74, 6) is 0. The van der Waals surface area contributed by atoms with Gasteiger partial charge in [-0.25, -0.2) is 4.39 Å². The van der Waals surface area contributed by atoms with Crippen LogP contribution in [-0.4, -0.2) is 15.4 Å². The van der Waals surface area contributed by atoms with Gasteiger partial charge in [0.05, 0.1) is 0 Å². The van der Waals surface area contributed by atoms with Gasteiger partial charge in [0.15, 0.2) is 0 Å². The second-order valence-corrected chi connectivity index (χ2v) is 3.16. The first-order chi connectivity index (χ1) is 4.19. The van der Waals surface area contributed by atoms with Crippen molar-refractivity contribution in [1.82, 2.24) is 0 Å². The molecular formula is C3Br2F4O. The smallest absolute Gasteiger partial charge is 0.282 e. The second kappa shape index (κ2) is 2.77. The largest absolute Gasteiger partial charge is 0.441 e. The molecule has 7 heteroatoms. The van der Waals surface area contributed by atoms with Gasteiger partial charge in [0.2, 0.25) is 0 Å². The van der Waals surface area contributed by atoms with Crippen molar-refractivity contribution in [2.75, 3.05) is 0 Å². The lowest BCUT2D eigenvalue weighted by atomic mass is 10.4. The first-order valence-electron chi connectivity index (χ1n) is 1.84. The first kappa shape index (κ1) is 10.3. The van der Waals surface area contributed by atoms with E-state index in [-0.39, 0.29) is 0 Å². The van der Waals surface area contributed by atoms with Gasteiger partial charge >= 0.3 is 10.8 Å². The van der Waals surface area contributed by atoms with Crippen molar-refractivity contribution in [2.45, 2.75) is 10.8 Å². The molecule has 0 radical (unpaired) electrons. The number of hydrogen-bond donors (Lipinski definition) is 0. The summed E-state index contributed by atoms with van der Waals surface area (Å²) in [4.78, 5) is 9.89. The van der Waals surface area contributed by atoms with Crippen molar-refractivity contribution in [3.63, 3.8) is 0 Å². The van der Waals surface area contributed by atoms with Crippen LogP contribution >= 0.6 is 31.9 Å². The molecule has 0 fully saturated rings. The van der Waals surface area contributed by atoms with Crippen LogP contribution in [0.25, 0.3) is 0 Å². The number of carbonyl (C=O) groups is 1. The van der Waals surface area contributed by atoms with Crippen LogP contribution < -0.4 is 0 Å². The highest BCUT2D eigenvalue weighted by Gasteiger charge is 2.59. The third-order valence-corrected chi connectivity index (χ3v) is 2.49. The molecule has 10 heavy (non-hydrogen) atoms. The van der Waals surface area contributed by atoms with Gasteiger partial charge in [0.1, 0.15) is 0 Å². The van der Waals surface area contributed by atoms with Gasteiger partial charge < -0.3 is 0 Å². The highest BCUT2D eigenvalue weighted by molar-refractivity contribution is 9.20. The van der Waals surface area contributed by atoms with Crippen molar-refractivity contribution in [3.05, 3.63) is 0 Å². The van der Waals surface area contributed by atoms with Crippen LogP contribution in [0.2, 0.25) is 0 Å². The topological polar surface area (TPSA) is 17.1 Å². The maximum atomic E-state index is 12.1. The molecule has 0 spiro atoms. The fourth-order valence-electron chi connectivity index (χ4n) is 0.111. The van der Waals surface area contributed by atoms with Gasteiger partial charge in [-0.2, -0.15) is 13.2 Å². The van der Waals surface area contributed by atoms with E-state index in [0.29, 0.717) is 0 Å². The summed E-state index contributed by atoms with van der Waals surface area (Å²) in [6.07, 6.45) is -5.23. The van der Waals surface area contributed by atoms with Crippen LogP contribution in [0.3, 0.4) is 0 Å². The third-order valence-electron chi connectivity index (χ3n) is 0.603. The van der Waals surface area contributed by atoms with E-state index in [1.165, 1.54) is 0 Å². The Balaban J connectivity index is 4.57. The SMILES string of the molecule is O=C(Br)C(F)(Br)C(F)(F)F. The average molecular weight is 288 g/mol. The molecule has 0 aliphatic heterocycles. The lowest BCUT2D eigenvalue weighted by Gasteiger charge is -2.16. The zero-order chi connectivity index (χ0) is 8.58. The van der Waals surface area contributed by atoms with Crippen molar-refractivity contribution in [2.24, 2.45) is 0 Å². The fourth-order valence-corrected chi connectivity index (χ4v) is 0.336. The van der Waals surface area contributed by atoms with E-state index in [1.807, 2.05) is 15.9 Å². The summed E-state index contributed by atoms with van der Waals surface area (Å²) in [6, 6.07) is 0. The van der Waals surface area contributed by atoms with E-state index in [1.54, 1.807) is 15.9 Å².